The fourth-order valence-electron chi connectivity index (χ4n) is 3.47. The van der Waals surface area contributed by atoms with Gasteiger partial charge in [-0.05, 0) is 55.3 Å². The Hall–Kier alpha value is -1.50. The van der Waals surface area contributed by atoms with Gasteiger partial charge >= 0.3 is 0 Å². The van der Waals surface area contributed by atoms with Gasteiger partial charge in [0.25, 0.3) is 0 Å². The van der Waals surface area contributed by atoms with E-state index in [-0.39, 0.29) is 18.2 Å². The number of carbonyl (C=O) groups is 2. The molecule has 3 rings (SSSR count). The molecule has 1 aliphatic carbocycles. The Morgan fingerprint density at radius 1 is 0.968 bits per heavy atom. The molecule has 0 spiro atoms. The maximum atomic E-state index is 13.3. The van der Waals surface area contributed by atoms with E-state index >= 15 is 0 Å². The van der Waals surface area contributed by atoms with Crippen molar-refractivity contribution in [1.82, 2.24) is 16.0 Å². The van der Waals surface area contributed by atoms with Gasteiger partial charge < -0.3 is 16.0 Å². The second-order valence-corrected chi connectivity index (χ2v) is 9.25. The third-order valence-electron chi connectivity index (χ3n) is 5.37. The van der Waals surface area contributed by atoms with Crippen molar-refractivity contribution in [2.24, 2.45) is 0 Å². The number of hydrogen-bond acceptors (Lipinski definition) is 3. The van der Waals surface area contributed by atoms with E-state index in [4.69, 9.17) is 46.4 Å². The first-order valence-electron chi connectivity index (χ1n) is 9.89. The molecule has 0 bridgehead atoms. The van der Waals surface area contributed by atoms with Gasteiger partial charge in [0.05, 0.1) is 5.41 Å². The first kappa shape index (κ1) is 24.1. The quantitative estimate of drug-likeness (QED) is 0.445. The zero-order valence-corrected chi connectivity index (χ0v) is 19.9. The first-order chi connectivity index (χ1) is 14.8. The van der Waals surface area contributed by atoms with Gasteiger partial charge in [0.15, 0.2) is 0 Å². The van der Waals surface area contributed by atoms with E-state index in [1.54, 1.807) is 43.4 Å². The molecule has 5 nitrogen and oxygen atoms in total. The van der Waals surface area contributed by atoms with Crippen LogP contribution in [0.1, 0.15) is 24.0 Å². The summed E-state index contributed by atoms with van der Waals surface area (Å²) in [5.74, 6) is -0.525. The second kappa shape index (κ2) is 10.4. The second-order valence-electron chi connectivity index (χ2n) is 7.57. The predicted molar refractivity (Wildman–Crippen MR) is 126 cm³/mol. The summed E-state index contributed by atoms with van der Waals surface area (Å²) < 4.78 is 0. The summed E-state index contributed by atoms with van der Waals surface area (Å²) in [6.07, 6.45) is 1.53. The molecule has 0 aromatic heterocycles. The van der Waals surface area contributed by atoms with Crippen molar-refractivity contribution < 1.29 is 9.59 Å². The minimum atomic E-state index is -0.799. The predicted octanol–water partition coefficient (Wildman–Crippen LogP) is 4.39. The van der Waals surface area contributed by atoms with Crippen LogP contribution in [0.3, 0.4) is 0 Å². The van der Waals surface area contributed by atoms with E-state index in [9.17, 15) is 9.59 Å². The number of halogens is 4. The summed E-state index contributed by atoms with van der Waals surface area (Å²) in [5, 5.41) is 10.6. The average molecular weight is 503 g/mol. The van der Waals surface area contributed by atoms with Crippen molar-refractivity contribution in [3.63, 3.8) is 0 Å². The molecule has 0 heterocycles. The van der Waals surface area contributed by atoms with Crippen molar-refractivity contribution in [1.29, 1.82) is 0 Å². The van der Waals surface area contributed by atoms with Crippen LogP contribution in [0.5, 0.6) is 0 Å². The fourth-order valence-corrected chi connectivity index (χ4v) is 4.54. The van der Waals surface area contributed by atoms with E-state index in [1.807, 2.05) is 0 Å². The van der Waals surface area contributed by atoms with Gasteiger partial charge in [-0.25, -0.2) is 0 Å². The zero-order chi connectivity index (χ0) is 22.6. The maximum Gasteiger partial charge on any atom is 0.242 e. The van der Waals surface area contributed by atoms with Crippen molar-refractivity contribution in [3.8, 4) is 0 Å². The molecule has 9 heteroatoms. The highest BCUT2D eigenvalue weighted by Gasteiger charge is 2.53. The Kier molecular flexibility index (Phi) is 8.11. The number of benzene rings is 2. The SMILES string of the molecule is CNCCNC(=O)C(Cc1ccc(Cl)cc1Cl)NC(=O)C1(c2ccc(Cl)cc2Cl)CC1. The van der Waals surface area contributed by atoms with Crippen molar-refractivity contribution in [2.75, 3.05) is 20.1 Å². The molecule has 1 saturated carbocycles. The summed E-state index contributed by atoms with van der Waals surface area (Å²) in [5.41, 5.74) is 0.680. The Labute approximate surface area is 201 Å². The van der Waals surface area contributed by atoms with E-state index in [0.717, 1.165) is 11.1 Å². The number of likely N-dealkylation sites (N-methyl/N-ethyl adjacent to an activating group) is 1. The summed E-state index contributed by atoms with van der Waals surface area (Å²) in [6.45, 7) is 1.04. The van der Waals surface area contributed by atoms with Crippen LogP contribution in [0.2, 0.25) is 20.1 Å². The van der Waals surface area contributed by atoms with E-state index in [0.29, 0.717) is 46.0 Å². The van der Waals surface area contributed by atoms with Gasteiger partial charge in [0.1, 0.15) is 6.04 Å². The number of amides is 2. The smallest absolute Gasteiger partial charge is 0.242 e. The Bertz CT molecular complexity index is 979. The van der Waals surface area contributed by atoms with Gasteiger partial charge in [-0.3, -0.25) is 9.59 Å². The fraction of sp³-hybridized carbons (Fsp3) is 0.364. The van der Waals surface area contributed by atoms with Crippen LogP contribution < -0.4 is 16.0 Å². The molecule has 1 fully saturated rings. The van der Waals surface area contributed by atoms with Crippen molar-refractivity contribution >= 4 is 58.2 Å². The molecule has 0 radical (unpaired) electrons. The highest BCUT2D eigenvalue weighted by atomic mass is 35.5. The normalized spacial score (nSPS) is 15.3. The molecule has 0 saturated heterocycles. The molecule has 3 N–H and O–H groups in total. The molecule has 1 unspecified atom stereocenters. The van der Waals surface area contributed by atoms with E-state index < -0.39 is 11.5 Å². The molecule has 31 heavy (non-hydrogen) atoms. The van der Waals surface area contributed by atoms with Crippen LogP contribution in [-0.2, 0) is 21.4 Å². The number of carbonyl (C=O) groups excluding carboxylic acids is 2. The first-order valence-corrected chi connectivity index (χ1v) is 11.4. The van der Waals surface area contributed by atoms with Crippen LogP contribution in [-0.4, -0.2) is 38.0 Å². The minimum Gasteiger partial charge on any atom is -0.353 e. The summed E-state index contributed by atoms with van der Waals surface area (Å²) in [4.78, 5) is 26.2. The van der Waals surface area contributed by atoms with Gasteiger partial charge in [-0.2, -0.15) is 0 Å². The number of hydrogen-bond donors (Lipinski definition) is 3. The van der Waals surface area contributed by atoms with Gasteiger partial charge in [0, 0.05) is 39.6 Å². The standard InChI is InChI=1S/C22H23Cl4N3O2/c1-27-8-9-28-20(30)19(10-13-2-3-14(23)11-17(13)25)29-21(31)22(6-7-22)16-5-4-15(24)12-18(16)26/h2-5,11-12,19,27H,6-10H2,1H3,(H,28,30)(H,29,31). The van der Waals surface area contributed by atoms with Crippen LogP contribution in [0.25, 0.3) is 0 Å². The molecule has 1 aliphatic rings. The van der Waals surface area contributed by atoms with E-state index in [2.05, 4.69) is 16.0 Å². The summed E-state index contributed by atoms with van der Waals surface area (Å²) >= 11 is 24.7. The minimum absolute atomic E-state index is 0.234. The van der Waals surface area contributed by atoms with Gasteiger partial charge in [-0.15, -0.1) is 0 Å². The molecular formula is C22H23Cl4N3O2. The number of rotatable bonds is 9. The monoisotopic (exact) mass is 501 g/mol. The molecule has 2 aromatic carbocycles. The molecular weight excluding hydrogens is 480 g/mol. The van der Waals surface area contributed by atoms with Crippen LogP contribution in [0.4, 0.5) is 0 Å². The summed E-state index contributed by atoms with van der Waals surface area (Å²) in [6, 6.07) is 9.39. The molecule has 2 aromatic rings. The van der Waals surface area contributed by atoms with Crippen molar-refractivity contribution in [3.05, 3.63) is 67.6 Å². The highest BCUT2D eigenvalue weighted by Crippen LogP contribution is 2.51. The lowest BCUT2D eigenvalue weighted by Crippen LogP contribution is -2.51. The molecule has 1 atom stereocenters. The average Bonchev–Trinajstić information content (AvgIpc) is 3.51. The largest absolute Gasteiger partial charge is 0.353 e. The van der Waals surface area contributed by atoms with Crippen LogP contribution in [0.15, 0.2) is 36.4 Å². The molecule has 2 amide bonds. The third-order valence-corrected chi connectivity index (χ3v) is 6.50. The zero-order valence-electron chi connectivity index (χ0n) is 16.9. The van der Waals surface area contributed by atoms with Gasteiger partial charge in [0.2, 0.25) is 11.8 Å². The Balaban J connectivity index is 1.81. The molecule has 0 aliphatic heterocycles. The van der Waals surface area contributed by atoms with Crippen molar-refractivity contribution in [2.45, 2.75) is 30.7 Å². The topological polar surface area (TPSA) is 70.2 Å². The van der Waals surface area contributed by atoms with Crippen LogP contribution in [0, 0.1) is 0 Å². The van der Waals surface area contributed by atoms with E-state index in [1.165, 1.54) is 0 Å². The lowest BCUT2D eigenvalue weighted by atomic mass is 9.94. The summed E-state index contributed by atoms with van der Waals surface area (Å²) in [7, 11) is 1.80. The number of nitrogens with one attached hydrogen (secondary N) is 3. The van der Waals surface area contributed by atoms with Gasteiger partial charge in [-0.1, -0.05) is 58.5 Å². The Morgan fingerprint density at radius 3 is 2.19 bits per heavy atom. The lowest BCUT2D eigenvalue weighted by Gasteiger charge is -2.23. The van der Waals surface area contributed by atoms with Crippen LogP contribution >= 0.6 is 46.4 Å². The Morgan fingerprint density at radius 2 is 1.61 bits per heavy atom. The lowest BCUT2D eigenvalue weighted by molar-refractivity contribution is -0.130. The molecule has 166 valence electrons. The third kappa shape index (κ3) is 5.85. The highest BCUT2D eigenvalue weighted by molar-refractivity contribution is 6.35. The maximum absolute atomic E-state index is 13.3.